The molecule has 0 saturated carbocycles. The molecule has 4 heteroatoms. The zero-order valence-electron chi connectivity index (χ0n) is 20.5. The summed E-state index contributed by atoms with van der Waals surface area (Å²) < 4.78 is 34.6. The van der Waals surface area contributed by atoms with E-state index in [9.17, 15) is 4.39 Å². The summed E-state index contributed by atoms with van der Waals surface area (Å²) in [4.78, 5) is 8.49. The number of halogens is 1. The first-order chi connectivity index (χ1) is 16.9. The van der Waals surface area contributed by atoms with Crippen molar-refractivity contribution in [3.63, 3.8) is 0 Å². The fourth-order valence-corrected chi connectivity index (χ4v) is 3.05. The van der Waals surface area contributed by atoms with E-state index in [0.717, 1.165) is 16.8 Å². The minimum absolute atomic E-state index is 0. The predicted molar refractivity (Wildman–Crippen MR) is 127 cm³/mol. The van der Waals surface area contributed by atoms with Crippen molar-refractivity contribution < 1.29 is 28.6 Å². The van der Waals surface area contributed by atoms with Gasteiger partial charge in [0.25, 0.3) is 0 Å². The fraction of sp³-hybridized carbons (Fsp3) is 0.0345. The Bertz CT molecular complexity index is 1300. The molecule has 0 amide bonds. The van der Waals surface area contributed by atoms with Crippen LogP contribution in [0.25, 0.3) is 33.6 Å². The van der Waals surface area contributed by atoms with Crippen LogP contribution in [-0.2, 0) is 20.1 Å². The van der Waals surface area contributed by atoms with Gasteiger partial charge >= 0.3 is 0 Å². The maximum atomic E-state index is 12.9. The van der Waals surface area contributed by atoms with E-state index in [1.54, 1.807) is 18.2 Å². The summed E-state index contributed by atoms with van der Waals surface area (Å²) in [5.41, 5.74) is 5.47. The van der Waals surface area contributed by atoms with Crippen LogP contribution >= 0.6 is 0 Å². The van der Waals surface area contributed by atoms with Gasteiger partial charge in [-0.25, -0.2) is 4.39 Å². The average Bonchev–Trinajstić information content (AvgIpc) is 2.90. The van der Waals surface area contributed by atoms with Gasteiger partial charge in [0.15, 0.2) is 0 Å². The van der Waals surface area contributed by atoms with Gasteiger partial charge in [-0.15, -0.1) is 65.7 Å². The molecule has 33 heavy (non-hydrogen) atoms. The van der Waals surface area contributed by atoms with E-state index in [4.69, 9.17) is 4.11 Å². The van der Waals surface area contributed by atoms with E-state index in [-0.39, 0.29) is 25.7 Å². The van der Waals surface area contributed by atoms with Crippen molar-refractivity contribution in [3.8, 4) is 33.6 Å². The Morgan fingerprint density at radius 1 is 0.697 bits per heavy atom. The summed E-state index contributed by atoms with van der Waals surface area (Å²) in [6.45, 7) is -2.17. The van der Waals surface area contributed by atoms with Crippen molar-refractivity contribution >= 4 is 0 Å². The van der Waals surface area contributed by atoms with Crippen molar-refractivity contribution in [2.75, 3.05) is 0 Å². The van der Waals surface area contributed by atoms with Crippen molar-refractivity contribution in [1.82, 2.24) is 9.97 Å². The largest absolute Gasteiger partial charge is 0.304 e. The molecule has 0 saturated heterocycles. The van der Waals surface area contributed by atoms with E-state index < -0.39 is 12.7 Å². The van der Waals surface area contributed by atoms with Gasteiger partial charge < -0.3 is 9.97 Å². The third-order valence-electron chi connectivity index (χ3n) is 4.65. The summed E-state index contributed by atoms with van der Waals surface area (Å²) in [7, 11) is 0. The van der Waals surface area contributed by atoms with Crippen LogP contribution in [0.4, 0.5) is 4.39 Å². The molecule has 0 atom stereocenters. The molecule has 0 fully saturated rings. The number of benzene rings is 3. The second kappa shape index (κ2) is 12.0. The Morgan fingerprint density at radius 2 is 1.42 bits per heavy atom. The zero-order valence-corrected chi connectivity index (χ0v) is 19.9. The topological polar surface area (TPSA) is 25.8 Å². The van der Waals surface area contributed by atoms with Crippen LogP contribution in [0, 0.1) is 24.8 Å². The molecule has 0 unspecified atom stereocenters. The van der Waals surface area contributed by atoms with Crippen molar-refractivity contribution in [3.05, 3.63) is 133 Å². The van der Waals surface area contributed by atoms with E-state index in [0.29, 0.717) is 11.3 Å². The molecule has 2 aromatic heterocycles. The summed E-state index contributed by atoms with van der Waals surface area (Å²) in [6.07, 6.45) is 3.19. The second-order valence-electron chi connectivity index (χ2n) is 6.92. The number of rotatable bonds is 3. The van der Waals surface area contributed by atoms with Crippen molar-refractivity contribution in [1.29, 1.82) is 0 Å². The summed E-state index contributed by atoms with van der Waals surface area (Å²) >= 11 is 0. The average molecular weight is 612 g/mol. The molecule has 5 aromatic rings. The standard InChI is InChI=1S/C17H12N.C12H9FN.Ir/c1-3-7-14(8-4-1)16-11-12-17(18-13-16)15-9-5-2-6-10-15;1-9-5-6-12(14-8-9)10-3-2-4-11(13)7-10;/h1-9,11-13H;2-6,8H,1H3;/q2*-1;/i;1D3;. The molecule has 2 heterocycles. The number of pyridine rings is 2. The van der Waals surface area contributed by atoms with Crippen LogP contribution in [0.2, 0.25) is 0 Å². The van der Waals surface area contributed by atoms with Crippen molar-refractivity contribution in [2.45, 2.75) is 6.85 Å². The van der Waals surface area contributed by atoms with Crippen LogP contribution < -0.4 is 0 Å². The normalized spacial score (nSPS) is 11.6. The molecule has 0 aliphatic rings. The van der Waals surface area contributed by atoms with Gasteiger partial charge in [-0.1, -0.05) is 54.6 Å². The summed E-state index contributed by atoms with van der Waals surface area (Å²) in [5, 5.41) is 0. The number of hydrogen-bond acceptors (Lipinski definition) is 2. The number of hydrogen-bond donors (Lipinski definition) is 0. The summed E-state index contributed by atoms with van der Waals surface area (Å²) in [6, 6.07) is 35.5. The Morgan fingerprint density at radius 3 is 2.06 bits per heavy atom. The maximum Gasteiger partial charge on any atom is 0.0405 e. The molecule has 0 aliphatic carbocycles. The van der Waals surface area contributed by atoms with Crippen LogP contribution in [0.15, 0.2) is 109 Å². The Kier molecular flexibility index (Phi) is 7.31. The molecular formula is C29H21FIrN2-2. The summed E-state index contributed by atoms with van der Waals surface area (Å²) in [5.74, 6) is -0.468. The molecule has 0 aliphatic heterocycles. The molecule has 1 radical (unpaired) electrons. The van der Waals surface area contributed by atoms with E-state index in [1.807, 2.05) is 54.7 Å². The molecule has 0 bridgehead atoms. The van der Waals surface area contributed by atoms with Gasteiger partial charge in [0, 0.05) is 42.4 Å². The predicted octanol–water partition coefficient (Wildman–Crippen LogP) is 7.21. The van der Waals surface area contributed by atoms with Gasteiger partial charge in [0.2, 0.25) is 0 Å². The van der Waals surface area contributed by atoms with Crippen LogP contribution in [0.3, 0.4) is 0 Å². The Hall–Kier alpha value is -3.46. The van der Waals surface area contributed by atoms with Crippen molar-refractivity contribution in [2.24, 2.45) is 0 Å². The first-order valence-corrected chi connectivity index (χ1v) is 10.0. The Labute approximate surface area is 211 Å². The number of aryl methyl sites for hydroxylation is 1. The van der Waals surface area contributed by atoms with Gasteiger partial charge in [-0.3, -0.25) is 0 Å². The smallest absolute Gasteiger partial charge is 0.0405 e. The maximum absolute atomic E-state index is 12.9. The number of nitrogens with zero attached hydrogens (tertiary/aromatic N) is 2. The van der Waals surface area contributed by atoms with Gasteiger partial charge in [0.1, 0.15) is 0 Å². The van der Waals surface area contributed by atoms with E-state index in [1.165, 1.54) is 23.9 Å². The second-order valence-corrected chi connectivity index (χ2v) is 6.92. The molecular weight excluding hydrogens is 588 g/mol. The van der Waals surface area contributed by atoms with Crippen LogP contribution in [0.5, 0.6) is 0 Å². The SMILES string of the molecule is [2H]C([2H])([2H])c1ccc(-c2[c-]c(F)ccc2)nc1.[Ir].[c-]1ccccc1-c1ccc(-c2ccccc2)cn1. The van der Waals surface area contributed by atoms with E-state index in [2.05, 4.69) is 40.3 Å². The first kappa shape index (κ1) is 20.2. The molecule has 3 aromatic carbocycles. The minimum atomic E-state index is -2.17. The fourth-order valence-electron chi connectivity index (χ4n) is 3.05. The molecule has 2 nitrogen and oxygen atoms in total. The van der Waals surface area contributed by atoms with Gasteiger partial charge in [-0.05, 0) is 34.9 Å². The molecule has 0 spiro atoms. The van der Waals surface area contributed by atoms with E-state index >= 15 is 0 Å². The third-order valence-corrected chi connectivity index (χ3v) is 4.65. The molecule has 165 valence electrons. The molecule has 5 rings (SSSR count). The number of aromatic nitrogens is 2. The van der Waals surface area contributed by atoms with Gasteiger partial charge in [0.05, 0.1) is 0 Å². The zero-order chi connectivity index (χ0) is 24.7. The third kappa shape index (κ3) is 6.76. The monoisotopic (exact) mass is 612 g/mol. The minimum Gasteiger partial charge on any atom is -0.304 e. The Balaban J connectivity index is 0.000000196. The van der Waals surface area contributed by atoms with Crippen LogP contribution in [0.1, 0.15) is 9.68 Å². The molecule has 0 N–H and O–H groups in total. The van der Waals surface area contributed by atoms with Gasteiger partial charge in [-0.2, -0.15) is 0 Å². The first-order valence-electron chi connectivity index (χ1n) is 11.5. The quantitative estimate of drug-likeness (QED) is 0.202. The van der Waals surface area contributed by atoms with Crippen LogP contribution in [-0.4, -0.2) is 9.97 Å².